The molecule has 1 aliphatic heterocycles. The summed E-state index contributed by atoms with van der Waals surface area (Å²) in [6, 6.07) is 0. The van der Waals surface area contributed by atoms with E-state index in [0.29, 0.717) is 12.3 Å². The first kappa shape index (κ1) is 26.7. The van der Waals surface area contributed by atoms with Gasteiger partial charge in [0.05, 0.1) is 20.0 Å². The number of ether oxygens (including phenoxy) is 4. The second-order valence-electron chi connectivity index (χ2n) is 9.37. The molecule has 1 heterocycles. The van der Waals surface area contributed by atoms with E-state index >= 15 is 0 Å². The maximum absolute atomic E-state index is 12.8. The van der Waals surface area contributed by atoms with E-state index in [1.54, 1.807) is 0 Å². The van der Waals surface area contributed by atoms with E-state index in [-0.39, 0.29) is 35.2 Å². The smallest absolute Gasteiger partial charge is 0.303 e. The van der Waals surface area contributed by atoms with E-state index in [4.69, 9.17) is 18.9 Å². The molecule has 6 nitrogen and oxygen atoms in total. The lowest BCUT2D eigenvalue weighted by Crippen LogP contribution is -2.42. The molecule has 0 saturated carbocycles. The van der Waals surface area contributed by atoms with Gasteiger partial charge in [-0.3, -0.25) is 9.59 Å². The van der Waals surface area contributed by atoms with Crippen LogP contribution in [-0.4, -0.2) is 38.2 Å². The summed E-state index contributed by atoms with van der Waals surface area (Å²) in [7, 11) is 2.90. The zero-order valence-electron chi connectivity index (χ0n) is 21.2. The highest BCUT2D eigenvalue weighted by atomic mass is 16.6. The summed E-state index contributed by atoms with van der Waals surface area (Å²) in [5.41, 5.74) is 2.57. The lowest BCUT2D eigenvalue weighted by Gasteiger charge is -2.35. The van der Waals surface area contributed by atoms with Crippen LogP contribution >= 0.6 is 0 Å². The summed E-state index contributed by atoms with van der Waals surface area (Å²) >= 11 is 0. The van der Waals surface area contributed by atoms with E-state index in [1.807, 2.05) is 6.92 Å². The third-order valence-corrected chi connectivity index (χ3v) is 6.67. The number of esters is 1. The lowest BCUT2D eigenvalue weighted by atomic mass is 9.77. The number of Topliss-reactive ketones (excluding diaryl/α,β-unsaturated/α-hetero) is 1. The van der Waals surface area contributed by atoms with Crippen molar-refractivity contribution in [2.24, 2.45) is 17.8 Å². The Morgan fingerprint density at radius 2 is 1.82 bits per heavy atom. The van der Waals surface area contributed by atoms with Crippen molar-refractivity contribution < 1.29 is 28.5 Å². The normalized spacial score (nSPS) is 28.6. The van der Waals surface area contributed by atoms with Gasteiger partial charge in [-0.2, -0.15) is 0 Å². The van der Waals surface area contributed by atoms with Gasteiger partial charge in [0.2, 0.25) is 11.5 Å². The minimum atomic E-state index is -0.648. The Kier molecular flexibility index (Phi) is 9.81. The Hall–Kier alpha value is -2.50. The molecule has 2 rings (SSSR count). The second kappa shape index (κ2) is 12.1. The van der Waals surface area contributed by atoms with Crippen LogP contribution < -0.4 is 0 Å². The van der Waals surface area contributed by atoms with Gasteiger partial charge in [-0.25, -0.2) is 0 Å². The Labute approximate surface area is 198 Å². The van der Waals surface area contributed by atoms with Crippen molar-refractivity contribution >= 4 is 11.8 Å². The van der Waals surface area contributed by atoms with Gasteiger partial charge in [0.15, 0.2) is 11.9 Å². The highest BCUT2D eigenvalue weighted by molar-refractivity contribution is 5.97. The monoisotopic (exact) mass is 460 g/mol. The zero-order valence-corrected chi connectivity index (χ0v) is 21.2. The molecule has 184 valence electrons. The first-order valence-corrected chi connectivity index (χ1v) is 11.8. The summed E-state index contributed by atoms with van der Waals surface area (Å²) in [5, 5.41) is 0. The third kappa shape index (κ3) is 6.99. The fourth-order valence-corrected chi connectivity index (χ4v) is 4.62. The number of methoxy groups -OCH3 is 2. The molecule has 0 aromatic heterocycles. The summed E-state index contributed by atoms with van der Waals surface area (Å²) in [6.07, 6.45) is 8.46. The fraction of sp³-hybridized carbons (Fsp3) is 0.630. The molecule has 2 aliphatic rings. The van der Waals surface area contributed by atoms with E-state index < -0.39 is 12.1 Å². The minimum absolute atomic E-state index is 0.126. The molecular formula is C27H40O6. The van der Waals surface area contributed by atoms with E-state index in [2.05, 4.69) is 39.5 Å². The van der Waals surface area contributed by atoms with Crippen molar-refractivity contribution in [3.05, 3.63) is 47.2 Å². The van der Waals surface area contributed by atoms with Crippen LogP contribution in [0.15, 0.2) is 47.2 Å². The van der Waals surface area contributed by atoms with Gasteiger partial charge in [-0.1, -0.05) is 43.7 Å². The standard InChI is InChI=1S/C27H40O6/c1-16(10-9-11-17(2)14-22-15-18(3)20(5)32-22)12-13-23-19(4)24(29)26(30-7)27(31-8)25(23)33-21(6)28/h11-12,18-19,22-23,25H,5,9-10,13-15H2,1-4,6-8H3/b16-12+,17-11+/t18?,19-,22?,23?,25-/m1/s1. The van der Waals surface area contributed by atoms with Gasteiger partial charge in [-0.15, -0.1) is 0 Å². The Morgan fingerprint density at radius 1 is 1.12 bits per heavy atom. The van der Waals surface area contributed by atoms with Crippen LogP contribution in [0.5, 0.6) is 0 Å². The number of hydrogen-bond donors (Lipinski definition) is 0. The molecular weight excluding hydrogens is 420 g/mol. The van der Waals surface area contributed by atoms with Crippen molar-refractivity contribution in [2.75, 3.05) is 14.2 Å². The van der Waals surface area contributed by atoms with Crippen molar-refractivity contribution in [2.45, 2.75) is 78.9 Å². The molecule has 6 heteroatoms. The molecule has 1 saturated heterocycles. The third-order valence-electron chi connectivity index (χ3n) is 6.67. The first-order chi connectivity index (χ1) is 15.6. The minimum Gasteiger partial charge on any atom is -0.495 e. The quantitative estimate of drug-likeness (QED) is 0.310. The first-order valence-electron chi connectivity index (χ1n) is 11.8. The van der Waals surface area contributed by atoms with Crippen molar-refractivity contribution in [1.29, 1.82) is 0 Å². The largest absolute Gasteiger partial charge is 0.495 e. The number of carbonyl (C=O) groups is 2. The molecule has 0 aromatic rings. The molecule has 0 spiro atoms. The number of allylic oxidation sites excluding steroid dienone is 5. The van der Waals surface area contributed by atoms with Crippen LogP contribution in [0.3, 0.4) is 0 Å². The van der Waals surface area contributed by atoms with Crippen molar-refractivity contribution in [1.82, 2.24) is 0 Å². The van der Waals surface area contributed by atoms with Crippen LogP contribution in [0.25, 0.3) is 0 Å². The van der Waals surface area contributed by atoms with Crippen molar-refractivity contribution in [3.63, 3.8) is 0 Å². The lowest BCUT2D eigenvalue weighted by molar-refractivity contribution is -0.153. The predicted molar refractivity (Wildman–Crippen MR) is 128 cm³/mol. The molecule has 0 amide bonds. The topological polar surface area (TPSA) is 71.1 Å². The van der Waals surface area contributed by atoms with Crippen LogP contribution in [0.2, 0.25) is 0 Å². The van der Waals surface area contributed by atoms with Gasteiger partial charge in [-0.05, 0) is 39.5 Å². The Morgan fingerprint density at radius 3 is 2.36 bits per heavy atom. The number of carbonyl (C=O) groups excluding carboxylic acids is 2. The maximum Gasteiger partial charge on any atom is 0.303 e. The molecule has 3 unspecified atom stereocenters. The summed E-state index contributed by atoms with van der Waals surface area (Å²) in [4.78, 5) is 24.5. The van der Waals surface area contributed by atoms with Crippen LogP contribution in [0, 0.1) is 17.8 Å². The summed E-state index contributed by atoms with van der Waals surface area (Å²) in [5.74, 6) is 0.662. The molecule has 5 atom stereocenters. The highest BCUT2D eigenvalue weighted by Crippen LogP contribution is 2.37. The zero-order chi connectivity index (χ0) is 24.7. The van der Waals surface area contributed by atoms with Gasteiger partial charge in [0.1, 0.15) is 6.10 Å². The predicted octanol–water partition coefficient (Wildman–Crippen LogP) is 5.65. The molecule has 0 aromatic carbocycles. The number of rotatable bonds is 10. The van der Waals surface area contributed by atoms with Crippen LogP contribution in [0.4, 0.5) is 0 Å². The molecule has 0 bridgehead atoms. The van der Waals surface area contributed by atoms with Crippen LogP contribution in [-0.2, 0) is 28.5 Å². The average molecular weight is 461 g/mol. The molecule has 33 heavy (non-hydrogen) atoms. The van der Waals surface area contributed by atoms with Gasteiger partial charge in [0.25, 0.3) is 0 Å². The van der Waals surface area contributed by atoms with Gasteiger partial charge >= 0.3 is 5.97 Å². The van der Waals surface area contributed by atoms with E-state index in [1.165, 1.54) is 32.3 Å². The average Bonchev–Trinajstić information content (AvgIpc) is 3.06. The number of ketones is 1. The molecule has 1 fully saturated rings. The second-order valence-corrected chi connectivity index (χ2v) is 9.37. The molecule has 0 N–H and O–H groups in total. The van der Waals surface area contributed by atoms with Crippen molar-refractivity contribution in [3.8, 4) is 0 Å². The van der Waals surface area contributed by atoms with E-state index in [0.717, 1.165) is 31.4 Å². The van der Waals surface area contributed by atoms with Gasteiger partial charge in [0, 0.05) is 31.1 Å². The Bertz CT molecular complexity index is 834. The molecule has 1 aliphatic carbocycles. The highest BCUT2D eigenvalue weighted by Gasteiger charge is 2.45. The molecule has 0 radical (unpaired) electrons. The van der Waals surface area contributed by atoms with E-state index in [9.17, 15) is 9.59 Å². The number of hydrogen-bond acceptors (Lipinski definition) is 6. The van der Waals surface area contributed by atoms with Crippen LogP contribution in [0.1, 0.15) is 66.7 Å². The summed E-state index contributed by atoms with van der Waals surface area (Å²) < 4.78 is 22.1. The Balaban J connectivity index is 2.00. The maximum atomic E-state index is 12.8. The fourth-order valence-electron chi connectivity index (χ4n) is 4.62. The SMILES string of the molecule is C=C1OC(C/C(C)=C/CC/C(C)=C/CC2[C@@H](C)C(=O)C(OC)=C(OC)[C@@H]2OC(C)=O)CC1C. The van der Waals surface area contributed by atoms with Gasteiger partial charge < -0.3 is 18.9 Å². The summed E-state index contributed by atoms with van der Waals surface area (Å²) in [6.45, 7) is 13.6.